The number of carbonyl (C=O) groups is 2. The van der Waals surface area contributed by atoms with E-state index in [1.807, 2.05) is 6.07 Å². The molecule has 0 saturated carbocycles. The van der Waals surface area contributed by atoms with Crippen LogP contribution in [0, 0.1) is 0 Å². The Kier molecular flexibility index (Phi) is 8.91. The minimum atomic E-state index is -1.91. The van der Waals surface area contributed by atoms with E-state index in [9.17, 15) is 14.7 Å². The van der Waals surface area contributed by atoms with E-state index in [1.54, 1.807) is 63.2 Å². The van der Waals surface area contributed by atoms with Crippen LogP contribution >= 0.6 is 0 Å². The van der Waals surface area contributed by atoms with Gasteiger partial charge in [-0.2, -0.15) is 0 Å². The second-order valence-electron chi connectivity index (χ2n) is 8.16. The molecule has 1 aliphatic rings. The standard InChI is InChI=1S/C23H27NO7.K/c1-22(2,3)31-21(27)23(16-12-11-15(28-4)13-17(16)29-5)24-18(19(30-23)20(25)26)14-9-7-6-8-10-14;/h6-13,18-19,24H,1-5H3,(H,25,26);. The van der Waals surface area contributed by atoms with Crippen molar-refractivity contribution in [3.8, 4) is 11.5 Å². The zero-order valence-corrected chi connectivity index (χ0v) is 22.3. The fourth-order valence-corrected chi connectivity index (χ4v) is 3.50. The number of carboxylic acids is 1. The molecule has 0 amide bonds. The van der Waals surface area contributed by atoms with Gasteiger partial charge in [-0.15, -0.1) is 0 Å². The van der Waals surface area contributed by atoms with Gasteiger partial charge in [0.25, 0.3) is 0 Å². The molecule has 0 aliphatic carbocycles. The Morgan fingerprint density at radius 1 is 1.06 bits per heavy atom. The van der Waals surface area contributed by atoms with Gasteiger partial charge < -0.3 is 24.1 Å². The van der Waals surface area contributed by atoms with E-state index in [0.29, 0.717) is 11.3 Å². The Hall–Kier alpha value is -1.46. The van der Waals surface area contributed by atoms with Gasteiger partial charge in [0.1, 0.15) is 17.1 Å². The Labute approximate surface area is 230 Å². The second kappa shape index (κ2) is 10.6. The van der Waals surface area contributed by atoms with E-state index in [0.717, 1.165) is 0 Å². The van der Waals surface area contributed by atoms with Crippen molar-refractivity contribution in [2.24, 2.45) is 0 Å². The molecule has 1 fully saturated rings. The number of nitrogens with one attached hydrogen (secondary N) is 1. The van der Waals surface area contributed by atoms with Crippen LogP contribution in [0.1, 0.15) is 37.9 Å². The van der Waals surface area contributed by atoms with Gasteiger partial charge in [-0.25, -0.2) is 9.59 Å². The smallest absolute Gasteiger partial charge is 0.359 e. The summed E-state index contributed by atoms with van der Waals surface area (Å²) in [5.74, 6) is -1.18. The molecule has 3 rings (SSSR count). The SMILES string of the molecule is COc1ccc(C2(C(=O)OC(C)(C)C)NC(c3ccccc3)C(C(=O)O)O2)c(OC)c1.[K]. The molecule has 2 aromatic rings. The van der Waals surface area contributed by atoms with Gasteiger partial charge in [0.2, 0.25) is 5.72 Å². The van der Waals surface area contributed by atoms with Crippen molar-refractivity contribution in [1.82, 2.24) is 5.32 Å². The fourth-order valence-electron chi connectivity index (χ4n) is 3.50. The summed E-state index contributed by atoms with van der Waals surface area (Å²) in [6, 6.07) is 13.0. The molecule has 1 saturated heterocycles. The summed E-state index contributed by atoms with van der Waals surface area (Å²) >= 11 is 0. The Balaban J connectivity index is 0.00000363. The van der Waals surface area contributed by atoms with Crippen LogP contribution in [0.4, 0.5) is 0 Å². The number of ether oxygens (including phenoxy) is 4. The Morgan fingerprint density at radius 2 is 1.72 bits per heavy atom. The van der Waals surface area contributed by atoms with E-state index < -0.39 is 35.4 Å². The summed E-state index contributed by atoms with van der Waals surface area (Å²) in [6.45, 7) is 5.17. The van der Waals surface area contributed by atoms with Crippen molar-refractivity contribution in [1.29, 1.82) is 0 Å². The summed E-state index contributed by atoms with van der Waals surface area (Å²) in [4.78, 5) is 25.6. The number of benzene rings is 2. The minimum Gasteiger partial charge on any atom is -0.497 e. The number of carboxylic acid groups (broad SMARTS) is 1. The number of rotatable bonds is 6. The fraction of sp³-hybridized carbons (Fsp3) is 0.391. The van der Waals surface area contributed by atoms with Gasteiger partial charge in [0.05, 0.1) is 25.8 Å². The molecule has 0 bridgehead atoms. The maximum atomic E-state index is 13.5. The Bertz CT molecular complexity index is 961. The first-order valence-corrected chi connectivity index (χ1v) is 9.80. The van der Waals surface area contributed by atoms with Crippen molar-refractivity contribution in [2.75, 3.05) is 14.2 Å². The van der Waals surface area contributed by atoms with Gasteiger partial charge in [-0.05, 0) is 38.5 Å². The van der Waals surface area contributed by atoms with Crippen LogP contribution < -0.4 is 14.8 Å². The van der Waals surface area contributed by atoms with Crippen LogP contribution in [0.5, 0.6) is 11.5 Å². The quantitative estimate of drug-likeness (QED) is 0.493. The van der Waals surface area contributed by atoms with Gasteiger partial charge in [0.15, 0.2) is 6.10 Å². The van der Waals surface area contributed by atoms with Crippen LogP contribution in [0.2, 0.25) is 0 Å². The number of hydrogen-bond acceptors (Lipinski definition) is 7. The normalized spacial score (nSPS) is 22.5. The van der Waals surface area contributed by atoms with Crippen molar-refractivity contribution >= 4 is 63.3 Å². The second-order valence-corrected chi connectivity index (χ2v) is 8.16. The summed E-state index contributed by atoms with van der Waals surface area (Å²) < 4.78 is 22.4. The largest absolute Gasteiger partial charge is 0.497 e. The molecule has 0 spiro atoms. The van der Waals surface area contributed by atoms with Crippen LogP contribution in [-0.2, 0) is 24.8 Å². The average molecular weight is 469 g/mol. The third-order valence-corrected chi connectivity index (χ3v) is 4.84. The summed E-state index contributed by atoms with van der Waals surface area (Å²) in [5, 5.41) is 13.0. The molecular weight excluding hydrogens is 441 g/mol. The number of methoxy groups -OCH3 is 2. The number of esters is 1. The maximum absolute atomic E-state index is 13.5. The monoisotopic (exact) mass is 468 g/mol. The molecular formula is C23H27KNO7. The average Bonchev–Trinajstić information content (AvgIpc) is 3.15. The first-order chi connectivity index (χ1) is 14.6. The van der Waals surface area contributed by atoms with Gasteiger partial charge in [0, 0.05) is 57.5 Å². The Morgan fingerprint density at radius 3 is 2.25 bits per heavy atom. The predicted octanol–water partition coefficient (Wildman–Crippen LogP) is 2.63. The first kappa shape index (κ1) is 26.8. The summed E-state index contributed by atoms with van der Waals surface area (Å²) in [6.07, 6.45) is -1.35. The third-order valence-electron chi connectivity index (χ3n) is 4.84. The van der Waals surface area contributed by atoms with E-state index in [2.05, 4.69) is 5.32 Å². The number of aliphatic carboxylic acids is 1. The number of carbonyl (C=O) groups excluding carboxylic acids is 1. The summed E-state index contributed by atoms with van der Waals surface area (Å²) in [7, 11) is 2.95. The molecule has 1 heterocycles. The van der Waals surface area contributed by atoms with Crippen LogP contribution in [0.25, 0.3) is 0 Å². The van der Waals surface area contributed by atoms with Crippen molar-refractivity contribution in [3.05, 3.63) is 59.7 Å². The molecule has 1 aliphatic heterocycles. The van der Waals surface area contributed by atoms with E-state index in [1.165, 1.54) is 14.2 Å². The van der Waals surface area contributed by atoms with E-state index in [-0.39, 0.29) is 62.7 Å². The predicted molar refractivity (Wildman–Crippen MR) is 118 cm³/mol. The minimum absolute atomic E-state index is 0. The zero-order chi connectivity index (χ0) is 22.8. The number of hydrogen-bond donors (Lipinski definition) is 2. The van der Waals surface area contributed by atoms with Gasteiger partial charge in [-0.1, -0.05) is 30.3 Å². The topological polar surface area (TPSA) is 103 Å². The molecule has 167 valence electrons. The third kappa shape index (κ3) is 5.53. The molecule has 3 atom stereocenters. The molecule has 9 heteroatoms. The first-order valence-electron chi connectivity index (χ1n) is 9.80. The molecule has 3 unspecified atom stereocenters. The maximum Gasteiger partial charge on any atom is 0.359 e. The molecule has 1 radical (unpaired) electrons. The van der Waals surface area contributed by atoms with Crippen LogP contribution in [0.3, 0.4) is 0 Å². The van der Waals surface area contributed by atoms with E-state index >= 15 is 0 Å². The zero-order valence-electron chi connectivity index (χ0n) is 19.2. The molecule has 2 aromatic carbocycles. The summed E-state index contributed by atoms with van der Waals surface area (Å²) in [5.41, 5.74) is -1.80. The van der Waals surface area contributed by atoms with Gasteiger partial charge >= 0.3 is 11.9 Å². The van der Waals surface area contributed by atoms with Crippen molar-refractivity contribution in [3.63, 3.8) is 0 Å². The molecule has 32 heavy (non-hydrogen) atoms. The van der Waals surface area contributed by atoms with Crippen molar-refractivity contribution < 1.29 is 33.6 Å². The van der Waals surface area contributed by atoms with Crippen LogP contribution in [0.15, 0.2) is 48.5 Å². The molecule has 8 nitrogen and oxygen atoms in total. The molecule has 0 aromatic heterocycles. The molecule has 2 N–H and O–H groups in total. The van der Waals surface area contributed by atoms with E-state index in [4.69, 9.17) is 18.9 Å². The van der Waals surface area contributed by atoms with Crippen LogP contribution in [-0.4, -0.2) is 94.4 Å². The van der Waals surface area contributed by atoms with Gasteiger partial charge in [-0.3, -0.25) is 5.32 Å². The van der Waals surface area contributed by atoms with Crippen molar-refractivity contribution in [2.45, 2.75) is 44.2 Å².